The van der Waals surface area contributed by atoms with Gasteiger partial charge in [0.15, 0.2) is 11.6 Å². The molecule has 0 unspecified atom stereocenters. The Bertz CT molecular complexity index is 758. The molecule has 1 heterocycles. The molecular weight excluding hydrogens is 342 g/mol. The zero-order chi connectivity index (χ0) is 18.4. The third-order valence-corrected chi connectivity index (χ3v) is 4.08. The number of carbonyl (C=O) groups excluding carboxylic acids is 2. The van der Waals surface area contributed by atoms with Crippen molar-refractivity contribution in [3.8, 4) is 5.75 Å². The Labute approximate surface area is 150 Å². The summed E-state index contributed by atoms with van der Waals surface area (Å²) in [5, 5.41) is 6.50. The average molecular weight is 363 g/mol. The molecular formula is C17H21N3O4S. The van der Waals surface area contributed by atoms with E-state index < -0.39 is 11.9 Å². The minimum Gasteiger partial charge on any atom is -0.484 e. The second-order valence-corrected chi connectivity index (χ2v) is 6.44. The van der Waals surface area contributed by atoms with E-state index >= 15 is 0 Å². The van der Waals surface area contributed by atoms with E-state index in [1.165, 1.54) is 5.56 Å². The van der Waals surface area contributed by atoms with Crippen molar-refractivity contribution >= 4 is 28.4 Å². The Hall–Kier alpha value is -2.48. The number of hydrogen-bond acceptors (Lipinski definition) is 7. The Kier molecular flexibility index (Phi) is 6.46. The molecule has 0 aliphatic rings. The fourth-order valence-electron chi connectivity index (χ4n) is 2.30. The molecule has 0 atom stereocenters. The highest BCUT2D eigenvalue weighted by molar-refractivity contribution is 7.10. The summed E-state index contributed by atoms with van der Waals surface area (Å²) in [7, 11) is 0. The summed E-state index contributed by atoms with van der Waals surface area (Å²) in [6.45, 7) is 7.99. The van der Waals surface area contributed by atoms with Crippen LogP contribution in [0.4, 0.5) is 5.00 Å². The van der Waals surface area contributed by atoms with Gasteiger partial charge in [-0.2, -0.15) is 0 Å². The highest BCUT2D eigenvalue weighted by Crippen LogP contribution is 2.23. The van der Waals surface area contributed by atoms with Gasteiger partial charge in [0.25, 0.3) is 5.91 Å². The fourth-order valence-corrected chi connectivity index (χ4v) is 2.88. The number of benzene rings is 1. The fraction of sp³-hybridized carbons (Fsp3) is 0.412. The molecule has 8 heteroatoms. The van der Waals surface area contributed by atoms with Crippen LogP contribution >= 0.6 is 11.5 Å². The normalized spacial score (nSPS) is 10.6. The van der Waals surface area contributed by atoms with Gasteiger partial charge in [0.05, 0.1) is 6.61 Å². The summed E-state index contributed by atoms with van der Waals surface area (Å²) in [6.07, 6.45) is 0. The number of amides is 1. The number of rotatable bonds is 7. The molecule has 0 fully saturated rings. The first kappa shape index (κ1) is 18.9. The molecule has 1 aromatic carbocycles. The van der Waals surface area contributed by atoms with Crippen molar-refractivity contribution in [1.29, 1.82) is 0 Å². The maximum atomic E-state index is 12.0. The average Bonchev–Trinajstić information content (AvgIpc) is 3.01. The van der Waals surface area contributed by atoms with Gasteiger partial charge in [0.2, 0.25) is 5.69 Å². The van der Waals surface area contributed by atoms with Crippen LogP contribution in [0.15, 0.2) is 18.2 Å². The summed E-state index contributed by atoms with van der Waals surface area (Å²) in [5.74, 6) is 0.0251. The van der Waals surface area contributed by atoms with Crippen molar-refractivity contribution in [2.75, 3.05) is 18.5 Å². The van der Waals surface area contributed by atoms with E-state index in [9.17, 15) is 9.59 Å². The van der Waals surface area contributed by atoms with Crippen LogP contribution in [0.5, 0.6) is 5.75 Å². The van der Waals surface area contributed by atoms with Gasteiger partial charge in [0.1, 0.15) is 5.75 Å². The molecule has 25 heavy (non-hydrogen) atoms. The summed E-state index contributed by atoms with van der Waals surface area (Å²) < 4.78 is 14.0. The number of aromatic nitrogens is 2. The van der Waals surface area contributed by atoms with Crippen LogP contribution in [-0.4, -0.2) is 34.7 Å². The molecule has 0 aliphatic carbocycles. The molecule has 1 aromatic heterocycles. The first-order chi connectivity index (χ1) is 11.9. The lowest BCUT2D eigenvalue weighted by molar-refractivity contribution is -0.118. The molecule has 0 radical (unpaired) electrons. The maximum Gasteiger partial charge on any atom is 0.362 e. The number of carbonyl (C=O) groups is 2. The lowest BCUT2D eigenvalue weighted by Crippen LogP contribution is -2.21. The largest absolute Gasteiger partial charge is 0.484 e. The van der Waals surface area contributed by atoms with E-state index in [1.54, 1.807) is 6.92 Å². The van der Waals surface area contributed by atoms with Gasteiger partial charge in [-0.3, -0.25) is 4.79 Å². The predicted molar refractivity (Wildman–Crippen MR) is 95.3 cm³/mol. The zero-order valence-corrected chi connectivity index (χ0v) is 15.5. The van der Waals surface area contributed by atoms with E-state index in [-0.39, 0.29) is 23.9 Å². The van der Waals surface area contributed by atoms with Crippen molar-refractivity contribution in [1.82, 2.24) is 9.59 Å². The minimum atomic E-state index is -0.618. The van der Waals surface area contributed by atoms with Crippen LogP contribution in [0.2, 0.25) is 0 Å². The first-order valence-corrected chi connectivity index (χ1v) is 8.72. The molecule has 0 aliphatic heterocycles. The number of hydrogen-bond donors (Lipinski definition) is 1. The Morgan fingerprint density at radius 2 is 2.08 bits per heavy atom. The number of ether oxygens (including phenoxy) is 2. The molecule has 0 bridgehead atoms. The van der Waals surface area contributed by atoms with E-state index in [4.69, 9.17) is 9.47 Å². The van der Waals surface area contributed by atoms with E-state index in [2.05, 4.69) is 28.8 Å². The van der Waals surface area contributed by atoms with Crippen LogP contribution in [0, 0.1) is 6.92 Å². The van der Waals surface area contributed by atoms with E-state index in [1.807, 2.05) is 25.1 Å². The van der Waals surface area contributed by atoms with Crippen LogP contribution in [0.3, 0.4) is 0 Å². The third kappa shape index (κ3) is 4.99. The standard InChI is InChI=1S/C17H21N3O4S/c1-5-23-17(22)15-16(25-20-19-15)18-14(21)9-24-12-6-7-13(10(2)3)11(4)8-12/h6-8,10H,5,9H2,1-4H3,(H,18,21). The number of nitrogens with one attached hydrogen (secondary N) is 1. The summed E-state index contributed by atoms with van der Waals surface area (Å²) >= 11 is 0.912. The second-order valence-electron chi connectivity index (χ2n) is 5.68. The third-order valence-electron chi connectivity index (χ3n) is 3.44. The van der Waals surface area contributed by atoms with Gasteiger partial charge in [-0.05, 0) is 43.0 Å². The van der Waals surface area contributed by atoms with Gasteiger partial charge < -0.3 is 14.8 Å². The topological polar surface area (TPSA) is 90.4 Å². The van der Waals surface area contributed by atoms with Gasteiger partial charge >= 0.3 is 5.97 Å². The molecule has 134 valence electrons. The zero-order valence-electron chi connectivity index (χ0n) is 14.7. The van der Waals surface area contributed by atoms with Crippen molar-refractivity contribution in [2.45, 2.75) is 33.6 Å². The molecule has 0 spiro atoms. The SMILES string of the molecule is CCOC(=O)c1nnsc1NC(=O)COc1ccc(C(C)C)c(C)c1. The van der Waals surface area contributed by atoms with Crippen molar-refractivity contribution in [3.05, 3.63) is 35.0 Å². The van der Waals surface area contributed by atoms with E-state index in [0.29, 0.717) is 11.7 Å². The Morgan fingerprint density at radius 3 is 2.72 bits per heavy atom. The highest BCUT2D eigenvalue weighted by Gasteiger charge is 2.19. The minimum absolute atomic E-state index is 0.00247. The number of nitrogens with zero attached hydrogens (tertiary/aromatic N) is 2. The summed E-state index contributed by atoms with van der Waals surface area (Å²) in [6, 6.07) is 5.74. The number of anilines is 1. The van der Waals surface area contributed by atoms with Gasteiger partial charge in [-0.15, -0.1) is 5.10 Å². The summed E-state index contributed by atoms with van der Waals surface area (Å²) in [4.78, 5) is 23.8. The Balaban J connectivity index is 1.95. The van der Waals surface area contributed by atoms with Crippen molar-refractivity contribution in [2.24, 2.45) is 0 Å². The molecule has 1 N–H and O–H groups in total. The number of esters is 1. The molecule has 1 amide bonds. The number of aryl methyl sites for hydroxylation is 1. The second kappa shape index (κ2) is 8.57. The molecule has 0 saturated carbocycles. The van der Waals surface area contributed by atoms with Gasteiger partial charge in [0, 0.05) is 11.5 Å². The molecule has 0 saturated heterocycles. The highest BCUT2D eigenvalue weighted by atomic mass is 32.1. The quantitative estimate of drug-likeness (QED) is 0.760. The molecule has 2 aromatic rings. The summed E-state index contributed by atoms with van der Waals surface area (Å²) in [5.41, 5.74) is 2.35. The maximum absolute atomic E-state index is 12.0. The molecule has 2 rings (SSSR count). The molecule has 7 nitrogen and oxygen atoms in total. The smallest absolute Gasteiger partial charge is 0.362 e. The predicted octanol–water partition coefficient (Wildman–Crippen LogP) is 3.16. The lowest BCUT2D eigenvalue weighted by atomic mass is 9.98. The van der Waals surface area contributed by atoms with Crippen molar-refractivity contribution < 1.29 is 19.1 Å². The van der Waals surface area contributed by atoms with Crippen LogP contribution in [0.1, 0.15) is 48.3 Å². The van der Waals surface area contributed by atoms with Crippen LogP contribution in [-0.2, 0) is 9.53 Å². The Morgan fingerprint density at radius 1 is 1.32 bits per heavy atom. The van der Waals surface area contributed by atoms with Crippen LogP contribution in [0.25, 0.3) is 0 Å². The monoisotopic (exact) mass is 363 g/mol. The first-order valence-electron chi connectivity index (χ1n) is 7.95. The van der Waals surface area contributed by atoms with Gasteiger partial charge in [-0.25, -0.2) is 4.79 Å². The van der Waals surface area contributed by atoms with Gasteiger partial charge in [-0.1, -0.05) is 24.4 Å². The lowest BCUT2D eigenvalue weighted by Gasteiger charge is -2.12. The van der Waals surface area contributed by atoms with E-state index in [0.717, 1.165) is 17.1 Å². The van der Waals surface area contributed by atoms with Crippen LogP contribution < -0.4 is 10.1 Å². The van der Waals surface area contributed by atoms with Crippen molar-refractivity contribution in [3.63, 3.8) is 0 Å².